The number of anilines is 3. The molecule has 65 heavy (non-hydrogen) atoms. The summed E-state index contributed by atoms with van der Waals surface area (Å²) >= 11 is 0. The van der Waals surface area contributed by atoms with Crippen molar-refractivity contribution < 1.29 is 4.74 Å². The molecule has 2 aromatic heterocycles. The van der Waals surface area contributed by atoms with Gasteiger partial charge in [0.1, 0.15) is 0 Å². The van der Waals surface area contributed by atoms with Crippen molar-refractivity contribution in [3.05, 3.63) is 247 Å². The summed E-state index contributed by atoms with van der Waals surface area (Å²) in [6.07, 6.45) is 0. The van der Waals surface area contributed by atoms with Crippen LogP contribution in [0.25, 0.3) is 77.2 Å². The van der Waals surface area contributed by atoms with Crippen molar-refractivity contribution in [2.24, 2.45) is 0 Å². The maximum Gasteiger partial charge on any atom is 0.151 e. The third-order valence-corrected chi connectivity index (χ3v) is 14.5. The van der Waals surface area contributed by atoms with E-state index in [0.29, 0.717) is 0 Å². The van der Waals surface area contributed by atoms with Crippen LogP contribution in [0.3, 0.4) is 0 Å². The molecule has 4 nitrogen and oxygen atoms in total. The molecule has 12 aromatic rings. The van der Waals surface area contributed by atoms with E-state index in [1.807, 2.05) is 12.1 Å². The Labute approximate surface area is 375 Å². The maximum atomic E-state index is 6.47. The molecule has 1 aliphatic heterocycles. The fourth-order valence-corrected chi connectivity index (χ4v) is 12.1. The molecule has 15 rings (SSSR count). The number of rotatable bonds is 3. The minimum atomic E-state index is -0.616. The van der Waals surface area contributed by atoms with Crippen LogP contribution in [0.5, 0.6) is 11.5 Å². The number of fused-ring (bicyclic) bond motifs is 20. The van der Waals surface area contributed by atoms with Crippen LogP contribution in [0.4, 0.5) is 17.1 Å². The first-order valence-electron chi connectivity index (χ1n) is 22.4. The molecule has 1 unspecified atom stereocenters. The number of para-hydroxylation sites is 7. The minimum Gasteiger partial charge on any atom is -0.453 e. The van der Waals surface area contributed by atoms with Crippen molar-refractivity contribution >= 4 is 60.7 Å². The van der Waals surface area contributed by atoms with Gasteiger partial charge in [-0.3, -0.25) is 0 Å². The van der Waals surface area contributed by atoms with E-state index in [1.165, 1.54) is 82.6 Å². The van der Waals surface area contributed by atoms with Crippen LogP contribution in [0.15, 0.2) is 224 Å². The van der Waals surface area contributed by atoms with Crippen LogP contribution >= 0.6 is 0 Å². The molecule has 1 spiro atoms. The van der Waals surface area contributed by atoms with Crippen LogP contribution in [0, 0.1) is 0 Å². The highest BCUT2D eigenvalue weighted by Gasteiger charge is 2.54. The van der Waals surface area contributed by atoms with E-state index in [0.717, 1.165) is 45.5 Å². The normalized spacial score (nSPS) is 15.2. The van der Waals surface area contributed by atoms with Crippen molar-refractivity contribution in [1.82, 2.24) is 9.13 Å². The lowest BCUT2D eigenvalue weighted by Crippen LogP contribution is -2.26. The van der Waals surface area contributed by atoms with Crippen molar-refractivity contribution in [3.8, 4) is 45.1 Å². The van der Waals surface area contributed by atoms with Gasteiger partial charge in [-0.25, -0.2) is 0 Å². The number of ether oxygens (including phenoxy) is 1. The molecule has 10 aromatic carbocycles. The van der Waals surface area contributed by atoms with Gasteiger partial charge < -0.3 is 18.8 Å². The third kappa shape index (κ3) is 4.40. The summed E-state index contributed by atoms with van der Waals surface area (Å²) in [5.41, 5.74) is 20.1. The van der Waals surface area contributed by atoms with Crippen LogP contribution in [0.2, 0.25) is 0 Å². The summed E-state index contributed by atoms with van der Waals surface area (Å²) in [6, 6.07) is 82.5. The van der Waals surface area contributed by atoms with E-state index in [1.54, 1.807) is 0 Å². The fraction of sp³-hybridized carbons (Fsp3) is 0.0164. The highest BCUT2D eigenvalue weighted by Crippen LogP contribution is 2.66. The Morgan fingerprint density at radius 3 is 1.63 bits per heavy atom. The monoisotopic (exact) mass is 827 g/mol. The van der Waals surface area contributed by atoms with E-state index in [4.69, 9.17) is 4.74 Å². The Kier molecular flexibility index (Phi) is 6.85. The average molecular weight is 828 g/mol. The zero-order valence-corrected chi connectivity index (χ0v) is 35.1. The summed E-state index contributed by atoms with van der Waals surface area (Å²) in [6.45, 7) is 0. The van der Waals surface area contributed by atoms with Crippen LogP contribution < -0.4 is 9.64 Å². The quantitative estimate of drug-likeness (QED) is 0.177. The Hall–Kier alpha value is -8.60. The lowest BCUT2D eigenvalue weighted by Gasteiger charge is -2.32. The van der Waals surface area contributed by atoms with Gasteiger partial charge >= 0.3 is 0 Å². The molecule has 0 amide bonds. The second kappa shape index (κ2) is 12.7. The number of hydrogen-bond acceptors (Lipinski definition) is 2. The molecule has 0 saturated heterocycles. The van der Waals surface area contributed by atoms with Gasteiger partial charge in [-0.1, -0.05) is 152 Å². The van der Waals surface area contributed by atoms with Crippen LogP contribution in [-0.2, 0) is 5.41 Å². The minimum absolute atomic E-state index is 0.616. The van der Waals surface area contributed by atoms with Gasteiger partial charge in [0.15, 0.2) is 11.5 Å². The predicted octanol–water partition coefficient (Wildman–Crippen LogP) is 15.8. The second-order valence-corrected chi connectivity index (χ2v) is 17.5. The lowest BCUT2D eigenvalue weighted by molar-refractivity contribution is 0.477. The maximum absolute atomic E-state index is 6.47. The highest BCUT2D eigenvalue weighted by atomic mass is 16.5. The van der Waals surface area contributed by atoms with E-state index in [2.05, 4.69) is 226 Å². The standard InChI is InChI=1S/C61H37N3O/c1-3-17-38(18-4-1)63-51-26-12-9-22-42(51)44-34-35-50-57(59(44)63)46-23-8-11-25-49(46)61(50)48-24-10-7-21-41(48)43-32-33-45-47-37-40(31-36-52(47)64(60(45)58(43)61)39-19-5-2-6-20-39)62-53-27-13-15-29-55(53)65-56-30-16-14-28-54(56)62/h1-37H. The summed E-state index contributed by atoms with van der Waals surface area (Å²) in [7, 11) is 0. The summed E-state index contributed by atoms with van der Waals surface area (Å²) in [5.74, 6) is 1.68. The van der Waals surface area contributed by atoms with Crippen LogP contribution in [0.1, 0.15) is 22.3 Å². The third-order valence-electron chi connectivity index (χ3n) is 14.5. The van der Waals surface area contributed by atoms with Crippen molar-refractivity contribution in [3.63, 3.8) is 0 Å². The predicted molar refractivity (Wildman–Crippen MR) is 266 cm³/mol. The summed E-state index contributed by atoms with van der Waals surface area (Å²) in [5, 5.41) is 4.93. The first kappa shape index (κ1) is 34.9. The molecule has 4 heteroatoms. The molecular weight excluding hydrogens is 791 g/mol. The first-order valence-corrected chi connectivity index (χ1v) is 22.4. The second-order valence-electron chi connectivity index (χ2n) is 17.5. The molecule has 0 N–H and O–H groups in total. The highest BCUT2D eigenvalue weighted by molar-refractivity contribution is 6.19. The van der Waals surface area contributed by atoms with Gasteiger partial charge in [0.25, 0.3) is 0 Å². The largest absolute Gasteiger partial charge is 0.453 e. The van der Waals surface area contributed by atoms with Gasteiger partial charge in [0.05, 0.1) is 38.9 Å². The van der Waals surface area contributed by atoms with E-state index >= 15 is 0 Å². The fourth-order valence-electron chi connectivity index (χ4n) is 12.1. The molecule has 3 aliphatic rings. The Bertz CT molecular complexity index is 3950. The molecular formula is C61H37N3O. The Morgan fingerprint density at radius 1 is 0.338 bits per heavy atom. The number of aromatic nitrogens is 2. The lowest BCUT2D eigenvalue weighted by atomic mass is 9.70. The summed E-state index contributed by atoms with van der Waals surface area (Å²) < 4.78 is 11.5. The molecule has 0 bridgehead atoms. The number of benzene rings is 10. The topological polar surface area (TPSA) is 22.3 Å². The molecule has 2 aliphatic carbocycles. The van der Waals surface area contributed by atoms with Gasteiger partial charge in [-0.15, -0.1) is 0 Å². The van der Waals surface area contributed by atoms with E-state index in [-0.39, 0.29) is 0 Å². The smallest absolute Gasteiger partial charge is 0.151 e. The Morgan fingerprint density at radius 2 is 0.892 bits per heavy atom. The molecule has 0 radical (unpaired) electrons. The van der Waals surface area contributed by atoms with Gasteiger partial charge in [-0.05, 0) is 106 Å². The number of nitrogens with zero attached hydrogens (tertiary/aromatic N) is 3. The first-order chi connectivity index (χ1) is 32.3. The zero-order chi connectivity index (χ0) is 42.4. The zero-order valence-electron chi connectivity index (χ0n) is 35.1. The molecule has 3 heterocycles. The Balaban J connectivity index is 1.10. The number of hydrogen-bond donors (Lipinski definition) is 0. The van der Waals surface area contributed by atoms with Gasteiger partial charge in [0, 0.05) is 49.7 Å². The van der Waals surface area contributed by atoms with E-state index in [9.17, 15) is 0 Å². The van der Waals surface area contributed by atoms with Gasteiger partial charge in [0.2, 0.25) is 0 Å². The SMILES string of the molecule is c1ccc(-n2c3ccccc3c3ccc4c(c32)-c2ccccc2C42c3ccccc3-c3ccc4c5cc(N6c7ccccc7Oc7ccccc76)ccc5n(-c5ccccc5)c4c32)cc1. The summed E-state index contributed by atoms with van der Waals surface area (Å²) in [4.78, 5) is 2.35. The van der Waals surface area contributed by atoms with Crippen molar-refractivity contribution in [1.29, 1.82) is 0 Å². The van der Waals surface area contributed by atoms with Crippen molar-refractivity contribution in [2.75, 3.05) is 4.90 Å². The van der Waals surface area contributed by atoms with Crippen molar-refractivity contribution in [2.45, 2.75) is 5.41 Å². The van der Waals surface area contributed by atoms with E-state index < -0.39 is 5.41 Å². The average Bonchev–Trinajstić information content (AvgIpc) is 4.08. The molecule has 0 fully saturated rings. The van der Waals surface area contributed by atoms with Crippen LogP contribution in [-0.4, -0.2) is 9.13 Å². The van der Waals surface area contributed by atoms with Gasteiger partial charge in [-0.2, -0.15) is 0 Å². The molecule has 0 saturated carbocycles. The molecule has 1 atom stereocenters. The molecule has 302 valence electrons.